The van der Waals surface area contributed by atoms with E-state index in [4.69, 9.17) is 16.6 Å². The predicted octanol–water partition coefficient (Wildman–Crippen LogP) is 6.06. The van der Waals surface area contributed by atoms with Crippen LogP contribution >= 0.6 is 23.4 Å². The Kier molecular flexibility index (Phi) is 10.7. The van der Waals surface area contributed by atoms with Crippen molar-refractivity contribution >= 4 is 52.4 Å². The summed E-state index contributed by atoms with van der Waals surface area (Å²) >= 11 is 8.04. The second-order valence-electron chi connectivity index (χ2n) is 11.7. The molecule has 5 rings (SSSR count). The fourth-order valence-electron chi connectivity index (χ4n) is 5.36. The molecule has 42 heavy (non-hydrogen) atoms. The first-order valence-electron chi connectivity index (χ1n) is 14.1. The Hall–Kier alpha value is -2.52. The summed E-state index contributed by atoms with van der Waals surface area (Å²) in [6.45, 7) is 3.66. The molecule has 1 heterocycles. The molecule has 214 valence electrons. The molecular formula is C35H37ClLiNO3S. The van der Waals surface area contributed by atoms with Crippen molar-refractivity contribution in [2.24, 2.45) is 5.41 Å². The molecule has 0 unspecified atom stereocenters. The minimum absolute atomic E-state index is 0. The van der Waals surface area contributed by atoms with Crippen molar-refractivity contribution in [1.82, 2.24) is 4.98 Å². The van der Waals surface area contributed by atoms with Gasteiger partial charge in [-0.25, -0.2) is 4.98 Å². The van der Waals surface area contributed by atoms with Gasteiger partial charge in [-0.1, -0.05) is 78.3 Å². The van der Waals surface area contributed by atoms with Gasteiger partial charge in [0.25, 0.3) is 0 Å². The minimum Gasteiger partial charge on any atom is -1.00 e. The molecular weight excluding hydrogens is 557 g/mol. The number of benzene rings is 3. The number of nitrogens with zero attached hydrogens (tertiary/aromatic N) is 1. The van der Waals surface area contributed by atoms with E-state index in [-0.39, 0.29) is 37.4 Å². The van der Waals surface area contributed by atoms with Gasteiger partial charge in [0.15, 0.2) is 0 Å². The van der Waals surface area contributed by atoms with E-state index in [1.807, 2.05) is 74.1 Å². The second kappa shape index (κ2) is 13.8. The number of carbonyl (C=O) groups is 1. The molecule has 1 fully saturated rings. The Balaban J connectivity index is 0.00000253. The van der Waals surface area contributed by atoms with Crippen LogP contribution in [0, 0.1) is 5.41 Å². The number of hydrogen-bond acceptors (Lipinski definition) is 4. The van der Waals surface area contributed by atoms with Crippen molar-refractivity contribution in [3.8, 4) is 0 Å². The number of halogens is 1. The van der Waals surface area contributed by atoms with Crippen LogP contribution in [-0.4, -0.2) is 26.9 Å². The standard InChI is InChI=1S/C35H36ClNO3S.Li.H/c1-34(2,40)30-9-4-3-7-25(30)13-17-32(41-23-35(18-19-35)22-33(38)39)27-8-5-6-24(20-27)10-15-29-16-12-26-11-14-28(36)21-31(26)37-29;;/h3-12,14-16,20-21,32,40H,13,17-19,22-23H2,1-2H3,(H,38,39);;/q;+1;-1/b15-10+;;/t32-;;/m1../s1. The van der Waals surface area contributed by atoms with Gasteiger partial charge in [-0.2, -0.15) is 11.8 Å². The van der Waals surface area contributed by atoms with E-state index < -0.39 is 11.6 Å². The van der Waals surface area contributed by atoms with E-state index in [1.165, 1.54) is 5.56 Å². The molecule has 7 heteroatoms. The van der Waals surface area contributed by atoms with Crippen LogP contribution in [0.5, 0.6) is 0 Å². The molecule has 0 amide bonds. The third-order valence-corrected chi connectivity index (χ3v) is 9.76. The molecule has 0 spiro atoms. The summed E-state index contributed by atoms with van der Waals surface area (Å²) in [5, 5.41) is 22.1. The smallest absolute Gasteiger partial charge is 1.00 e. The zero-order chi connectivity index (χ0) is 29.0. The van der Waals surface area contributed by atoms with E-state index >= 15 is 0 Å². The molecule has 0 radical (unpaired) electrons. The molecule has 1 aliphatic carbocycles. The first-order chi connectivity index (χ1) is 19.6. The van der Waals surface area contributed by atoms with Gasteiger partial charge in [0.05, 0.1) is 23.2 Å². The molecule has 4 aromatic rings. The number of carboxylic acids is 1. The van der Waals surface area contributed by atoms with Crippen molar-refractivity contribution in [1.29, 1.82) is 0 Å². The van der Waals surface area contributed by atoms with Crippen molar-refractivity contribution in [2.75, 3.05) is 5.75 Å². The molecule has 3 aromatic carbocycles. The monoisotopic (exact) mass is 593 g/mol. The van der Waals surface area contributed by atoms with E-state index in [9.17, 15) is 15.0 Å². The van der Waals surface area contributed by atoms with Gasteiger partial charge in [0.2, 0.25) is 0 Å². The number of thioether (sulfide) groups is 1. The maximum absolute atomic E-state index is 11.5. The fourth-order valence-corrected chi connectivity index (χ4v) is 7.09. The molecule has 4 nitrogen and oxygen atoms in total. The Labute approximate surface area is 271 Å². The van der Waals surface area contributed by atoms with Gasteiger partial charge < -0.3 is 11.6 Å². The number of aliphatic hydroxyl groups is 1. The maximum Gasteiger partial charge on any atom is 1.00 e. The number of aromatic nitrogens is 1. The van der Waals surface area contributed by atoms with Gasteiger partial charge in [-0.05, 0) is 91.5 Å². The van der Waals surface area contributed by atoms with Crippen LogP contribution in [0.25, 0.3) is 23.1 Å². The quantitative estimate of drug-likeness (QED) is 0.195. The second-order valence-corrected chi connectivity index (χ2v) is 13.3. The summed E-state index contributed by atoms with van der Waals surface area (Å²) in [5.74, 6) is 0.122. The van der Waals surface area contributed by atoms with Crippen molar-refractivity contribution in [3.63, 3.8) is 0 Å². The Morgan fingerprint density at radius 1 is 1.07 bits per heavy atom. The number of carboxylic acid groups (broad SMARTS) is 1. The van der Waals surface area contributed by atoms with Crippen molar-refractivity contribution in [2.45, 2.75) is 56.8 Å². The van der Waals surface area contributed by atoms with Crippen LogP contribution in [0.2, 0.25) is 5.02 Å². The van der Waals surface area contributed by atoms with Crippen LogP contribution in [0.15, 0.2) is 78.9 Å². The number of hydrogen-bond donors (Lipinski definition) is 2. The molecule has 0 aliphatic heterocycles. The van der Waals surface area contributed by atoms with E-state index in [0.29, 0.717) is 5.02 Å². The third-order valence-electron chi connectivity index (χ3n) is 7.83. The molecule has 1 saturated carbocycles. The minimum atomic E-state index is -0.911. The summed E-state index contributed by atoms with van der Waals surface area (Å²) < 4.78 is 0. The zero-order valence-corrected chi connectivity index (χ0v) is 26.1. The van der Waals surface area contributed by atoms with Gasteiger partial charge in [-0.3, -0.25) is 4.79 Å². The molecule has 2 N–H and O–H groups in total. The van der Waals surface area contributed by atoms with E-state index in [2.05, 4.69) is 42.5 Å². The SMILES string of the molecule is CC(C)(O)c1ccccc1CC[C@@H](SCC1(CC(=O)O)CC1)c1cccc(/C=C/c2ccc3ccc(Cl)cc3n2)c1.[H-].[Li+]. The van der Waals surface area contributed by atoms with E-state index in [0.717, 1.165) is 64.7 Å². The number of rotatable bonds is 12. The Morgan fingerprint density at radius 3 is 2.57 bits per heavy atom. The van der Waals surface area contributed by atoms with Crippen LogP contribution in [0.4, 0.5) is 0 Å². The molecule has 0 saturated heterocycles. The van der Waals surface area contributed by atoms with Gasteiger partial charge in [0, 0.05) is 21.4 Å². The normalized spacial score (nSPS) is 15.0. The first kappa shape index (κ1) is 32.4. The molecule has 1 aliphatic rings. The van der Waals surface area contributed by atoms with Crippen LogP contribution in [-0.2, 0) is 16.8 Å². The van der Waals surface area contributed by atoms with E-state index in [1.54, 1.807) is 0 Å². The summed E-state index contributed by atoms with van der Waals surface area (Å²) in [6.07, 6.45) is 8.02. The number of fused-ring (bicyclic) bond motifs is 1. The summed E-state index contributed by atoms with van der Waals surface area (Å²) in [6, 6.07) is 26.5. The largest absolute Gasteiger partial charge is 1.00 e. The Morgan fingerprint density at radius 2 is 1.83 bits per heavy atom. The van der Waals surface area contributed by atoms with Crippen molar-refractivity contribution < 1.29 is 35.3 Å². The van der Waals surface area contributed by atoms with Gasteiger partial charge >= 0.3 is 24.8 Å². The summed E-state index contributed by atoms with van der Waals surface area (Å²) in [5.41, 5.74) is 5.15. The molecule has 1 aromatic heterocycles. The fraction of sp³-hybridized carbons (Fsp3) is 0.314. The average Bonchev–Trinajstić information content (AvgIpc) is 3.70. The number of aliphatic carboxylic acids is 1. The van der Waals surface area contributed by atoms with Gasteiger partial charge in [0.1, 0.15) is 0 Å². The van der Waals surface area contributed by atoms with Gasteiger partial charge in [-0.15, -0.1) is 0 Å². The number of aryl methyl sites for hydroxylation is 1. The molecule has 0 bridgehead atoms. The topological polar surface area (TPSA) is 70.4 Å². The van der Waals surface area contributed by atoms with Crippen LogP contribution in [0.3, 0.4) is 0 Å². The summed E-state index contributed by atoms with van der Waals surface area (Å²) in [7, 11) is 0. The maximum atomic E-state index is 11.5. The average molecular weight is 594 g/mol. The first-order valence-corrected chi connectivity index (χ1v) is 15.5. The van der Waals surface area contributed by atoms with Crippen LogP contribution in [0.1, 0.15) is 74.2 Å². The third kappa shape index (κ3) is 8.53. The zero-order valence-electron chi connectivity index (χ0n) is 25.5. The van der Waals surface area contributed by atoms with Crippen molar-refractivity contribution in [3.05, 3.63) is 112 Å². The number of pyridine rings is 1. The predicted molar refractivity (Wildman–Crippen MR) is 172 cm³/mol. The summed E-state index contributed by atoms with van der Waals surface area (Å²) in [4.78, 5) is 16.2. The van der Waals surface area contributed by atoms with Crippen LogP contribution < -0.4 is 18.9 Å². The molecule has 1 atom stereocenters. The Bertz CT molecular complexity index is 1590.